The van der Waals surface area contributed by atoms with Gasteiger partial charge in [0, 0.05) is 29.3 Å². The normalized spacial score (nSPS) is 16.8. The second-order valence-corrected chi connectivity index (χ2v) is 7.25. The lowest BCUT2D eigenvalue weighted by atomic mass is 10.1. The maximum atomic E-state index is 12.9. The van der Waals surface area contributed by atoms with Gasteiger partial charge in [0.05, 0.1) is 0 Å². The van der Waals surface area contributed by atoms with Crippen LogP contribution in [-0.4, -0.2) is 33.9 Å². The number of hydrogen-bond acceptors (Lipinski definition) is 4. The number of benzene rings is 2. The van der Waals surface area contributed by atoms with Crippen LogP contribution in [0.15, 0.2) is 54.6 Å². The highest BCUT2D eigenvalue weighted by Crippen LogP contribution is 2.33. The van der Waals surface area contributed by atoms with E-state index in [1.165, 1.54) is 4.90 Å². The van der Waals surface area contributed by atoms with E-state index in [0.29, 0.717) is 23.4 Å². The van der Waals surface area contributed by atoms with Crippen molar-refractivity contribution >= 4 is 34.4 Å². The van der Waals surface area contributed by atoms with Crippen molar-refractivity contribution < 1.29 is 19.5 Å². The number of para-hydroxylation sites is 1. The number of aliphatic carboxylic acids is 1. The third-order valence-electron chi connectivity index (χ3n) is 4.39. The highest BCUT2D eigenvalue weighted by molar-refractivity contribution is 8.14. The van der Waals surface area contributed by atoms with Gasteiger partial charge in [-0.05, 0) is 11.6 Å². The van der Waals surface area contributed by atoms with Gasteiger partial charge in [0.25, 0.3) is 0 Å². The third kappa shape index (κ3) is 3.65. The van der Waals surface area contributed by atoms with E-state index in [1.54, 1.807) is 43.3 Å². The second-order valence-electron chi connectivity index (χ2n) is 6.26. The maximum absolute atomic E-state index is 12.9. The van der Waals surface area contributed by atoms with Crippen LogP contribution < -0.4 is 4.90 Å². The predicted octanol–water partition coefficient (Wildman–Crippen LogP) is 3.24. The summed E-state index contributed by atoms with van der Waals surface area (Å²) in [6, 6.07) is 15.2. The molecule has 1 unspecified atom stereocenters. The summed E-state index contributed by atoms with van der Waals surface area (Å²) in [4.78, 5) is 38.1. The van der Waals surface area contributed by atoms with Gasteiger partial charge in [-0.1, -0.05) is 67.2 Å². The Bertz CT molecular complexity index is 837. The SMILES string of the molecule is CC(CSC(=O)c1ccccc1)C(=O)N1c2ccccc2C[C@H]1C(=O)O. The van der Waals surface area contributed by atoms with E-state index in [9.17, 15) is 19.5 Å². The van der Waals surface area contributed by atoms with E-state index < -0.39 is 17.9 Å². The molecule has 0 bridgehead atoms. The van der Waals surface area contributed by atoms with Crippen LogP contribution in [0.1, 0.15) is 22.8 Å². The van der Waals surface area contributed by atoms with Crippen molar-refractivity contribution in [2.75, 3.05) is 10.7 Å². The molecule has 26 heavy (non-hydrogen) atoms. The van der Waals surface area contributed by atoms with E-state index in [2.05, 4.69) is 0 Å². The van der Waals surface area contributed by atoms with Crippen LogP contribution in [0.3, 0.4) is 0 Å². The van der Waals surface area contributed by atoms with Gasteiger partial charge in [0.2, 0.25) is 11.0 Å². The molecule has 1 amide bonds. The molecule has 3 rings (SSSR count). The largest absolute Gasteiger partial charge is 0.480 e. The fourth-order valence-corrected chi connectivity index (χ4v) is 3.87. The number of carboxylic acids is 1. The quantitative estimate of drug-likeness (QED) is 0.876. The Morgan fingerprint density at radius 1 is 1.12 bits per heavy atom. The highest BCUT2D eigenvalue weighted by Gasteiger charge is 2.39. The predicted molar refractivity (Wildman–Crippen MR) is 101 cm³/mol. The average Bonchev–Trinajstić information content (AvgIpc) is 3.05. The van der Waals surface area contributed by atoms with Crippen molar-refractivity contribution in [3.63, 3.8) is 0 Å². The van der Waals surface area contributed by atoms with E-state index >= 15 is 0 Å². The van der Waals surface area contributed by atoms with Crippen molar-refractivity contribution in [3.05, 3.63) is 65.7 Å². The number of anilines is 1. The van der Waals surface area contributed by atoms with Crippen LogP contribution >= 0.6 is 11.8 Å². The molecule has 0 saturated carbocycles. The smallest absolute Gasteiger partial charge is 0.327 e. The summed E-state index contributed by atoms with van der Waals surface area (Å²) in [5, 5.41) is 9.40. The van der Waals surface area contributed by atoms with Gasteiger partial charge in [0.1, 0.15) is 6.04 Å². The number of nitrogens with zero attached hydrogens (tertiary/aromatic N) is 1. The lowest BCUT2D eigenvalue weighted by Gasteiger charge is -2.25. The van der Waals surface area contributed by atoms with Crippen LogP contribution in [0, 0.1) is 5.92 Å². The van der Waals surface area contributed by atoms with Crippen molar-refractivity contribution in [2.24, 2.45) is 5.92 Å². The minimum Gasteiger partial charge on any atom is -0.480 e. The number of fused-ring (bicyclic) bond motifs is 1. The Morgan fingerprint density at radius 2 is 1.77 bits per heavy atom. The van der Waals surface area contributed by atoms with Crippen LogP contribution in [-0.2, 0) is 16.0 Å². The molecule has 6 heteroatoms. The standard InChI is InChI=1S/C20H19NO4S/c1-13(12-26-20(25)14-7-3-2-4-8-14)18(22)21-16-10-6-5-9-15(16)11-17(21)19(23)24/h2-10,13,17H,11-12H2,1H3,(H,23,24)/t13?,17-/m0/s1. The summed E-state index contributed by atoms with van der Waals surface area (Å²) in [6.45, 7) is 1.73. The number of carbonyl (C=O) groups excluding carboxylic acids is 2. The first-order valence-electron chi connectivity index (χ1n) is 8.35. The van der Waals surface area contributed by atoms with Gasteiger partial charge >= 0.3 is 5.97 Å². The molecule has 2 aromatic carbocycles. The summed E-state index contributed by atoms with van der Waals surface area (Å²) >= 11 is 1.08. The second kappa shape index (κ2) is 7.74. The zero-order valence-corrected chi connectivity index (χ0v) is 15.1. The van der Waals surface area contributed by atoms with Gasteiger partial charge in [-0.3, -0.25) is 14.5 Å². The highest BCUT2D eigenvalue weighted by atomic mass is 32.2. The Balaban J connectivity index is 1.71. The molecule has 0 aliphatic carbocycles. The van der Waals surface area contributed by atoms with E-state index in [-0.39, 0.29) is 11.0 Å². The first-order chi connectivity index (χ1) is 12.5. The molecule has 1 aliphatic rings. The molecule has 2 aromatic rings. The molecule has 0 spiro atoms. The Morgan fingerprint density at radius 3 is 2.46 bits per heavy atom. The zero-order chi connectivity index (χ0) is 18.7. The van der Waals surface area contributed by atoms with Gasteiger partial charge < -0.3 is 5.11 Å². The number of hydrogen-bond donors (Lipinski definition) is 1. The molecule has 1 N–H and O–H groups in total. The van der Waals surface area contributed by atoms with Crippen LogP contribution in [0.4, 0.5) is 5.69 Å². The number of carbonyl (C=O) groups is 3. The van der Waals surface area contributed by atoms with E-state index in [0.717, 1.165) is 17.3 Å². The number of amides is 1. The topological polar surface area (TPSA) is 74.7 Å². The molecule has 0 aromatic heterocycles. The first kappa shape index (κ1) is 18.2. The van der Waals surface area contributed by atoms with Crippen molar-refractivity contribution in [1.29, 1.82) is 0 Å². The molecule has 134 valence electrons. The fraction of sp³-hybridized carbons (Fsp3) is 0.250. The van der Waals surface area contributed by atoms with Crippen LogP contribution in [0.2, 0.25) is 0 Å². The molecule has 1 aliphatic heterocycles. The number of carboxylic acid groups (broad SMARTS) is 1. The number of thioether (sulfide) groups is 1. The average molecular weight is 369 g/mol. The van der Waals surface area contributed by atoms with E-state index in [1.807, 2.05) is 18.2 Å². The lowest BCUT2D eigenvalue weighted by molar-refractivity contribution is -0.140. The Labute approximate surface area is 156 Å². The van der Waals surface area contributed by atoms with Crippen molar-refractivity contribution in [2.45, 2.75) is 19.4 Å². The van der Waals surface area contributed by atoms with Crippen molar-refractivity contribution in [3.8, 4) is 0 Å². The van der Waals surface area contributed by atoms with Crippen molar-refractivity contribution in [1.82, 2.24) is 0 Å². The van der Waals surface area contributed by atoms with Crippen LogP contribution in [0.25, 0.3) is 0 Å². The zero-order valence-electron chi connectivity index (χ0n) is 14.3. The van der Waals surface area contributed by atoms with Gasteiger partial charge in [-0.2, -0.15) is 0 Å². The first-order valence-corrected chi connectivity index (χ1v) is 9.33. The van der Waals surface area contributed by atoms with Gasteiger partial charge in [-0.15, -0.1) is 0 Å². The molecule has 0 fully saturated rings. The molecule has 0 saturated heterocycles. The minimum absolute atomic E-state index is 0.0955. The molecular formula is C20H19NO4S. The van der Waals surface area contributed by atoms with Gasteiger partial charge in [0.15, 0.2) is 0 Å². The Hall–Kier alpha value is -2.60. The lowest BCUT2D eigenvalue weighted by Crippen LogP contribution is -2.45. The molecule has 2 atom stereocenters. The summed E-state index contributed by atoms with van der Waals surface area (Å²) in [6.07, 6.45) is 0.306. The maximum Gasteiger partial charge on any atom is 0.327 e. The third-order valence-corrected chi connectivity index (χ3v) is 5.56. The number of rotatable bonds is 5. The minimum atomic E-state index is -1.02. The van der Waals surface area contributed by atoms with Gasteiger partial charge in [-0.25, -0.2) is 4.79 Å². The molecule has 0 radical (unpaired) electrons. The van der Waals surface area contributed by atoms with Crippen LogP contribution in [0.5, 0.6) is 0 Å². The summed E-state index contributed by atoms with van der Waals surface area (Å²) in [5.41, 5.74) is 2.09. The Kier molecular flexibility index (Phi) is 5.42. The van der Waals surface area contributed by atoms with E-state index in [4.69, 9.17) is 0 Å². The monoisotopic (exact) mass is 369 g/mol. The fourth-order valence-electron chi connectivity index (χ4n) is 3.02. The summed E-state index contributed by atoms with van der Waals surface area (Å²) in [7, 11) is 0. The molecule has 5 nitrogen and oxygen atoms in total. The summed E-state index contributed by atoms with van der Waals surface area (Å²) in [5.74, 6) is -1.46. The summed E-state index contributed by atoms with van der Waals surface area (Å²) < 4.78 is 0. The molecular weight excluding hydrogens is 350 g/mol. The molecule has 1 heterocycles.